The number of amides is 1. The molecule has 2 saturated heterocycles. The molecule has 0 unspecified atom stereocenters. The number of fused-ring (bicyclic) bond motifs is 1. The summed E-state index contributed by atoms with van der Waals surface area (Å²) in [5.41, 5.74) is 0.739. The average molecular weight is 332 g/mol. The van der Waals surface area contributed by atoms with Gasteiger partial charge in [0.15, 0.2) is 5.82 Å². The van der Waals surface area contributed by atoms with Crippen LogP contribution < -0.4 is 0 Å². The first-order valence-electron chi connectivity index (χ1n) is 8.16. The molecule has 4 heterocycles. The second-order valence-corrected chi connectivity index (χ2v) is 6.63. The Labute approximate surface area is 139 Å². The van der Waals surface area contributed by atoms with Crippen molar-refractivity contribution in [1.82, 2.24) is 20.2 Å². The van der Waals surface area contributed by atoms with E-state index in [1.807, 2.05) is 4.90 Å². The van der Waals surface area contributed by atoms with E-state index in [0.717, 1.165) is 12.8 Å². The fourth-order valence-corrected chi connectivity index (χ4v) is 3.87. The van der Waals surface area contributed by atoms with E-state index < -0.39 is 5.41 Å². The molecule has 1 amide bonds. The molecule has 0 radical (unpaired) electrons. The number of nitrogens with zero attached hydrogens (tertiary/aromatic N) is 4. The Morgan fingerprint density at radius 2 is 2.08 bits per heavy atom. The third-order valence-electron chi connectivity index (χ3n) is 5.11. The summed E-state index contributed by atoms with van der Waals surface area (Å²) in [5, 5.41) is 7.81. The third kappa shape index (κ3) is 2.16. The number of hydrogen-bond donors (Lipinski definition) is 0. The van der Waals surface area contributed by atoms with Gasteiger partial charge in [0.05, 0.1) is 17.2 Å². The molecule has 0 bridgehead atoms. The lowest BCUT2D eigenvalue weighted by atomic mass is 9.76. The summed E-state index contributed by atoms with van der Waals surface area (Å²) in [6.45, 7) is 7.11. The van der Waals surface area contributed by atoms with E-state index in [9.17, 15) is 4.79 Å². The zero-order chi connectivity index (χ0) is 16.9. The van der Waals surface area contributed by atoms with Gasteiger partial charge in [0.25, 0.3) is 5.91 Å². The van der Waals surface area contributed by atoms with Crippen LogP contribution in [-0.2, 0) is 10.2 Å². The Hall–Kier alpha value is -2.22. The molecule has 0 aromatic carbocycles. The summed E-state index contributed by atoms with van der Waals surface area (Å²) in [6.07, 6.45) is 1.52. The van der Waals surface area contributed by atoms with Gasteiger partial charge in [-0.1, -0.05) is 10.3 Å². The van der Waals surface area contributed by atoms with Crippen LogP contribution in [0.25, 0.3) is 0 Å². The molecule has 2 aromatic heterocycles. The van der Waals surface area contributed by atoms with Crippen LogP contribution in [0.1, 0.15) is 46.4 Å². The number of rotatable bonds is 2. The zero-order valence-corrected chi connectivity index (χ0v) is 14.0. The average Bonchev–Trinajstić information content (AvgIpc) is 3.25. The van der Waals surface area contributed by atoms with Gasteiger partial charge < -0.3 is 18.7 Å². The first kappa shape index (κ1) is 15.3. The molecule has 24 heavy (non-hydrogen) atoms. The number of carbonyl (C=O) groups is 1. The first-order valence-corrected chi connectivity index (χ1v) is 8.16. The minimum absolute atomic E-state index is 0.00562. The predicted octanol–water partition coefficient (Wildman–Crippen LogP) is 1.56. The van der Waals surface area contributed by atoms with Crippen molar-refractivity contribution in [3.05, 3.63) is 28.7 Å². The smallest absolute Gasteiger partial charge is 0.259 e. The van der Waals surface area contributed by atoms with Crippen molar-refractivity contribution in [3.63, 3.8) is 0 Å². The number of aryl methyl sites for hydroxylation is 3. The fourth-order valence-electron chi connectivity index (χ4n) is 3.87. The van der Waals surface area contributed by atoms with Crippen LogP contribution >= 0.6 is 0 Å². The lowest BCUT2D eigenvalue weighted by Gasteiger charge is -2.41. The quantitative estimate of drug-likeness (QED) is 0.823. The van der Waals surface area contributed by atoms with Crippen molar-refractivity contribution in [3.8, 4) is 0 Å². The summed E-state index contributed by atoms with van der Waals surface area (Å²) in [6, 6.07) is 0. The molecule has 2 fully saturated rings. The molecule has 128 valence electrons. The Kier molecular flexibility index (Phi) is 3.45. The lowest BCUT2D eigenvalue weighted by molar-refractivity contribution is 0.00815. The molecular formula is C16H20N4O4. The van der Waals surface area contributed by atoms with E-state index in [-0.39, 0.29) is 12.0 Å². The molecule has 2 atom stereocenters. The van der Waals surface area contributed by atoms with Crippen LogP contribution in [0.2, 0.25) is 0 Å². The fraction of sp³-hybridized carbons (Fsp3) is 0.625. The summed E-state index contributed by atoms with van der Waals surface area (Å²) in [4.78, 5) is 19.3. The second kappa shape index (κ2) is 5.41. The maximum atomic E-state index is 13.0. The Morgan fingerprint density at radius 3 is 2.75 bits per heavy atom. The largest absolute Gasteiger partial charge is 0.377 e. The molecule has 4 rings (SSSR count). The molecule has 2 aromatic rings. The van der Waals surface area contributed by atoms with Crippen LogP contribution in [0.3, 0.4) is 0 Å². The van der Waals surface area contributed by atoms with Gasteiger partial charge in [-0.3, -0.25) is 4.79 Å². The molecule has 2 aliphatic heterocycles. The number of carbonyl (C=O) groups excluding carboxylic acids is 1. The maximum Gasteiger partial charge on any atom is 0.259 e. The topological polar surface area (TPSA) is 94.5 Å². The van der Waals surface area contributed by atoms with Gasteiger partial charge in [-0.2, -0.15) is 4.98 Å². The lowest BCUT2D eigenvalue weighted by Crippen LogP contribution is -2.54. The highest BCUT2D eigenvalue weighted by molar-refractivity contribution is 5.96. The van der Waals surface area contributed by atoms with Crippen molar-refractivity contribution in [1.29, 1.82) is 0 Å². The Bertz CT molecular complexity index is 763. The van der Waals surface area contributed by atoms with Crippen LogP contribution in [0.4, 0.5) is 0 Å². The molecule has 8 heteroatoms. The number of ether oxygens (including phenoxy) is 1. The normalized spacial score (nSPS) is 26.6. The molecule has 2 aliphatic rings. The van der Waals surface area contributed by atoms with E-state index >= 15 is 0 Å². The predicted molar refractivity (Wildman–Crippen MR) is 81.6 cm³/mol. The van der Waals surface area contributed by atoms with Gasteiger partial charge in [-0.05, 0) is 33.6 Å². The second-order valence-electron chi connectivity index (χ2n) is 6.63. The van der Waals surface area contributed by atoms with E-state index in [2.05, 4.69) is 15.3 Å². The Balaban J connectivity index is 1.67. The van der Waals surface area contributed by atoms with Crippen LogP contribution in [-0.4, -0.2) is 51.9 Å². The van der Waals surface area contributed by atoms with E-state index in [1.165, 1.54) is 0 Å². The molecule has 0 saturated carbocycles. The third-order valence-corrected chi connectivity index (χ3v) is 5.11. The van der Waals surface area contributed by atoms with Gasteiger partial charge in [0.1, 0.15) is 11.3 Å². The molecular weight excluding hydrogens is 312 g/mol. The number of aromatic nitrogens is 3. The number of hydrogen-bond acceptors (Lipinski definition) is 7. The highest BCUT2D eigenvalue weighted by Gasteiger charge is 2.54. The van der Waals surface area contributed by atoms with Crippen LogP contribution in [0, 0.1) is 20.8 Å². The van der Waals surface area contributed by atoms with E-state index in [0.29, 0.717) is 48.4 Å². The highest BCUT2D eigenvalue weighted by Crippen LogP contribution is 2.43. The maximum absolute atomic E-state index is 13.0. The monoisotopic (exact) mass is 332 g/mol. The van der Waals surface area contributed by atoms with Crippen molar-refractivity contribution >= 4 is 5.91 Å². The van der Waals surface area contributed by atoms with Crippen molar-refractivity contribution in [2.24, 2.45) is 0 Å². The summed E-state index contributed by atoms with van der Waals surface area (Å²) in [5.74, 6) is 1.65. The van der Waals surface area contributed by atoms with Gasteiger partial charge in [0.2, 0.25) is 5.89 Å². The van der Waals surface area contributed by atoms with Gasteiger partial charge >= 0.3 is 0 Å². The van der Waals surface area contributed by atoms with Crippen LogP contribution in [0.5, 0.6) is 0 Å². The number of likely N-dealkylation sites (tertiary alicyclic amines) is 1. The first-order chi connectivity index (χ1) is 11.5. The molecule has 0 spiro atoms. The van der Waals surface area contributed by atoms with Gasteiger partial charge in [-0.15, -0.1) is 0 Å². The summed E-state index contributed by atoms with van der Waals surface area (Å²) < 4.78 is 16.5. The molecule has 0 N–H and O–H groups in total. The van der Waals surface area contributed by atoms with E-state index in [1.54, 1.807) is 20.8 Å². The minimum Gasteiger partial charge on any atom is -0.377 e. The van der Waals surface area contributed by atoms with Crippen molar-refractivity contribution in [2.45, 2.75) is 45.1 Å². The SMILES string of the molecule is Cc1noc([C@]23CCO[C@H]2CCN(C(=O)c2c(C)noc2C)C3)n1. The number of piperidine rings is 1. The van der Waals surface area contributed by atoms with Crippen molar-refractivity contribution in [2.75, 3.05) is 19.7 Å². The van der Waals surface area contributed by atoms with Crippen molar-refractivity contribution < 1.29 is 18.6 Å². The summed E-state index contributed by atoms with van der Waals surface area (Å²) >= 11 is 0. The standard InChI is InChI=1S/C16H20N4O4/c1-9-13(10(2)23-18-9)14(21)20-6-4-12-16(8-20,5-7-22-12)15-17-11(3)19-24-15/h12H,4-8H2,1-3H3/t12-,16-/m0/s1. The van der Waals surface area contributed by atoms with Gasteiger partial charge in [0, 0.05) is 19.7 Å². The van der Waals surface area contributed by atoms with Gasteiger partial charge in [-0.25, -0.2) is 0 Å². The van der Waals surface area contributed by atoms with E-state index in [4.69, 9.17) is 13.8 Å². The highest BCUT2D eigenvalue weighted by atomic mass is 16.5. The minimum atomic E-state index is -0.422. The molecule has 8 nitrogen and oxygen atoms in total. The summed E-state index contributed by atoms with van der Waals surface area (Å²) in [7, 11) is 0. The zero-order valence-electron chi connectivity index (χ0n) is 14.0. The molecule has 0 aliphatic carbocycles. The van der Waals surface area contributed by atoms with Crippen LogP contribution in [0.15, 0.2) is 9.05 Å². The Morgan fingerprint density at radius 1 is 1.25 bits per heavy atom.